The number of ether oxygens (including phenoxy) is 1. The van der Waals surface area contributed by atoms with E-state index in [1.807, 2.05) is 41.3 Å². The lowest BCUT2D eigenvalue weighted by molar-refractivity contribution is -0.137. The normalized spacial score (nSPS) is 13.9. The largest absolute Gasteiger partial charge is 0.497 e. The van der Waals surface area contributed by atoms with E-state index in [0.29, 0.717) is 18.7 Å². The fraction of sp³-hybridized carbons (Fsp3) is 0.208. The Morgan fingerprint density at radius 1 is 0.935 bits per heavy atom. The quantitative estimate of drug-likeness (QED) is 0.545. The van der Waals surface area contributed by atoms with E-state index in [1.54, 1.807) is 19.2 Å². The topological polar surface area (TPSA) is 32.8 Å². The molecule has 0 radical (unpaired) electrons. The highest BCUT2D eigenvalue weighted by atomic mass is 19.4. The predicted octanol–water partition coefficient (Wildman–Crippen LogP) is 5.44. The van der Waals surface area contributed by atoms with Crippen LogP contribution in [0.15, 0.2) is 72.8 Å². The lowest BCUT2D eigenvalue weighted by atomic mass is 10.1. The summed E-state index contributed by atoms with van der Waals surface area (Å²) in [5.74, 6) is 0.493. The maximum Gasteiger partial charge on any atom is 0.416 e. The Kier molecular flexibility index (Phi) is 5.59. The number of carbonyl (C=O) groups is 1. The van der Waals surface area contributed by atoms with Crippen molar-refractivity contribution >= 4 is 23.0 Å². The number of para-hydroxylation sites is 2. The Balaban J connectivity index is 1.63. The Hall–Kier alpha value is -3.48. The molecule has 0 atom stereocenters. The fourth-order valence-corrected chi connectivity index (χ4v) is 3.77. The number of alkyl halides is 3. The van der Waals surface area contributed by atoms with E-state index in [4.69, 9.17) is 4.74 Å². The van der Waals surface area contributed by atoms with Crippen LogP contribution in [-0.4, -0.2) is 26.1 Å². The van der Waals surface area contributed by atoms with Gasteiger partial charge in [-0.3, -0.25) is 9.69 Å². The molecule has 160 valence electrons. The summed E-state index contributed by atoms with van der Waals surface area (Å²) in [6, 6.07) is 19.9. The number of amides is 1. The predicted molar refractivity (Wildman–Crippen MR) is 114 cm³/mol. The minimum atomic E-state index is -4.48. The van der Waals surface area contributed by atoms with Crippen LogP contribution in [0, 0.1) is 0 Å². The minimum absolute atomic E-state index is 0.0806. The van der Waals surface area contributed by atoms with Crippen molar-refractivity contribution in [2.45, 2.75) is 12.6 Å². The van der Waals surface area contributed by atoms with E-state index in [-0.39, 0.29) is 18.1 Å². The van der Waals surface area contributed by atoms with Crippen LogP contribution >= 0.6 is 0 Å². The van der Waals surface area contributed by atoms with Crippen molar-refractivity contribution < 1.29 is 22.7 Å². The number of nitrogens with zero attached hydrogens (tertiary/aromatic N) is 2. The highest BCUT2D eigenvalue weighted by Gasteiger charge is 2.34. The van der Waals surface area contributed by atoms with Crippen molar-refractivity contribution in [1.82, 2.24) is 0 Å². The molecule has 1 heterocycles. The average molecular weight is 426 g/mol. The van der Waals surface area contributed by atoms with Gasteiger partial charge in [-0.25, -0.2) is 0 Å². The van der Waals surface area contributed by atoms with Gasteiger partial charge in [-0.05, 0) is 54.4 Å². The van der Waals surface area contributed by atoms with E-state index in [2.05, 4.69) is 0 Å². The van der Waals surface area contributed by atoms with Gasteiger partial charge in [-0.2, -0.15) is 13.2 Å². The Morgan fingerprint density at radius 3 is 2.42 bits per heavy atom. The first-order chi connectivity index (χ1) is 14.9. The molecule has 0 saturated carbocycles. The van der Waals surface area contributed by atoms with Crippen LogP contribution in [0.4, 0.5) is 30.2 Å². The first-order valence-electron chi connectivity index (χ1n) is 9.84. The molecule has 31 heavy (non-hydrogen) atoms. The standard InChI is InChI=1S/C24H21F3N2O2/c1-31-20-9-4-6-17(14-20)12-13-28-16-23(30)29(22-11-3-2-10-21(22)28)19-8-5-7-18(15-19)24(25,26)27/h2-11,14-15H,12-13,16H2,1H3. The maximum absolute atomic E-state index is 13.2. The zero-order chi connectivity index (χ0) is 22.0. The van der Waals surface area contributed by atoms with Gasteiger partial charge in [0.1, 0.15) is 5.75 Å². The van der Waals surface area contributed by atoms with Gasteiger partial charge in [0, 0.05) is 12.2 Å². The summed E-state index contributed by atoms with van der Waals surface area (Å²) >= 11 is 0. The van der Waals surface area contributed by atoms with Crippen molar-refractivity contribution in [2.24, 2.45) is 0 Å². The lowest BCUT2D eigenvalue weighted by Crippen LogP contribution is -2.44. The smallest absolute Gasteiger partial charge is 0.416 e. The second-order valence-corrected chi connectivity index (χ2v) is 7.29. The lowest BCUT2D eigenvalue weighted by Gasteiger charge is -2.37. The van der Waals surface area contributed by atoms with E-state index in [1.165, 1.54) is 17.0 Å². The highest BCUT2D eigenvalue weighted by Crippen LogP contribution is 2.40. The Bertz CT molecular complexity index is 1100. The van der Waals surface area contributed by atoms with Crippen LogP contribution in [0.2, 0.25) is 0 Å². The molecule has 0 unspecified atom stereocenters. The van der Waals surface area contributed by atoms with Crippen molar-refractivity contribution in [1.29, 1.82) is 0 Å². The number of methoxy groups -OCH3 is 1. The molecular weight excluding hydrogens is 405 g/mol. The molecule has 0 aromatic heterocycles. The third-order valence-electron chi connectivity index (χ3n) is 5.28. The Morgan fingerprint density at radius 2 is 1.68 bits per heavy atom. The number of hydrogen-bond donors (Lipinski definition) is 0. The van der Waals surface area contributed by atoms with E-state index < -0.39 is 11.7 Å². The molecule has 3 aromatic rings. The number of hydrogen-bond acceptors (Lipinski definition) is 3. The second-order valence-electron chi connectivity index (χ2n) is 7.29. The van der Waals surface area contributed by atoms with Crippen LogP contribution in [-0.2, 0) is 17.4 Å². The zero-order valence-electron chi connectivity index (χ0n) is 16.9. The minimum Gasteiger partial charge on any atom is -0.497 e. The van der Waals surface area contributed by atoms with Crippen molar-refractivity contribution in [3.8, 4) is 5.75 Å². The summed E-state index contributed by atoms with van der Waals surface area (Å²) in [6.45, 7) is 0.670. The molecule has 1 aliphatic heterocycles. The van der Waals surface area contributed by atoms with Crippen molar-refractivity contribution in [3.63, 3.8) is 0 Å². The first kappa shape index (κ1) is 20.8. The molecule has 0 N–H and O–H groups in total. The van der Waals surface area contributed by atoms with Gasteiger partial charge < -0.3 is 9.64 Å². The van der Waals surface area contributed by atoms with Gasteiger partial charge in [0.15, 0.2) is 0 Å². The number of rotatable bonds is 5. The van der Waals surface area contributed by atoms with E-state index in [9.17, 15) is 18.0 Å². The number of anilines is 3. The third-order valence-corrected chi connectivity index (χ3v) is 5.28. The van der Waals surface area contributed by atoms with E-state index >= 15 is 0 Å². The molecule has 1 aliphatic rings. The summed E-state index contributed by atoms with van der Waals surface area (Å²) in [5, 5.41) is 0. The average Bonchev–Trinajstić information content (AvgIpc) is 2.77. The van der Waals surface area contributed by atoms with Gasteiger partial charge in [0.25, 0.3) is 5.91 Å². The number of halogens is 3. The molecular formula is C24H21F3N2O2. The number of fused-ring (bicyclic) bond motifs is 1. The van der Waals surface area contributed by atoms with Crippen LogP contribution in [0.3, 0.4) is 0 Å². The zero-order valence-corrected chi connectivity index (χ0v) is 16.9. The van der Waals surface area contributed by atoms with Crippen LogP contribution in [0.25, 0.3) is 0 Å². The molecule has 0 spiro atoms. The van der Waals surface area contributed by atoms with Gasteiger partial charge in [-0.1, -0.05) is 30.3 Å². The molecule has 3 aromatic carbocycles. The monoisotopic (exact) mass is 426 g/mol. The summed E-state index contributed by atoms with van der Waals surface area (Å²) < 4.78 is 44.8. The summed E-state index contributed by atoms with van der Waals surface area (Å²) in [6.07, 6.45) is -3.78. The Labute approximate surface area is 178 Å². The summed E-state index contributed by atoms with van der Waals surface area (Å²) in [5.41, 5.74) is 1.88. The van der Waals surface area contributed by atoms with Crippen LogP contribution in [0.1, 0.15) is 11.1 Å². The molecule has 0 fully saturated rings. The van der Waals surface area contributed by atoms with Gasteiger partial charge in [0.05, 0.1) is 30.6 Å². The highest BCUT2D eigenvalue weighted by molar-refractivity contribution is 6.08. The van der Waals surface area contributed by atoms with Gasteiger partial charge >= 0.3 is 6.18 Å². The van der Waals surface area contributed by atoms with Crippen LogP contribution < -0.4 is 14.5 Å². The number of benzene rings is 3. The third kappa shape index (κ3) is 4.35. The molecule has 4 rings (SSSR count). The number of carbonyl (C=O) groups excluding carboxylic acids is 1. The first-order valence-corrected chi connectivity index (χ1v) is 9.84. The molecule has 1 amide bonds. The molecule has 0 bridgehead atoms. The van der Waals surface area contributed by atoms with Crippen molar-refractivity contribution in [2.75, 3.05) is 30.0 Å². The fourth-order valence-electron chi connectivity index (χ4n) is 3.77. The van der Waals surface area contributed by atoms with Gasteiger partial charge in [-0.15, -0.1) is 0 Å². The van der Waals surface area contributed by atoms with Gasteiger partial charge in [0.2, 0.25) is 0 Å². The van der Waals surface area contributed by atoms with Crippen LogP contribution in [0.5, 0.6) is 5.75 Å². The summed E-state index contributed by atoms with van der Waals surface area (Å²) in [4.78, 5) is 16.4. The molecule has 4 nitrogen and oxygen atoms in total. The van der Waals surface area contributed by atoms with E-state index in [0.717, 1.165) is 29.1 Å². The molecule has 0 saturated heterocycles. The maximum atomic E-state index is 13.2. The van der Waals surface area contributed by atoms with Crippen molar-refractivity contribution in [3.05, 3.63) is 83.9 Å². The summed E-state index contributed by atoms with van der Waals surface area (Å²) in [7, 11) is 1.61. The molecule has 0 aliphatic carbocycles. The second kappa shape index (κ2) is 8.34. The SMILES string of the molecule is COc1cccc(CCN2CC(=O)N(c3cccc(C(F)(F)F)c3)c3ccccc32)c1. The molecule has 7 heteroatoms.